The molecule has 1 atom stereocenters. The first-order valence-electron chi connectivity index (χ1n) is 5.11. The number of rotatable bonds is 3. The SMILES string of the molecule is OCC1CCCN1Sc1ccccc1Cl. The van der Waals surface area contributed by atoms with Crippen molar-refractivity contribution in [2.45, 2.75) is 23.8 Å². The van der Waals surface area contributed by atoms with Crippen LogP contribution in [0.5, 0.6) is 0 Å². The third-order valence-electron chi connectivity index (χ3n) is 2.59. The number of benzene rings is 1. The molecule has 1 N–H and O–H groups in total. The summed E-state index contributed by atoms with van der Waals surface area (Å²) in [7, 11) is 0. The molecule has 2 nitrogen and oxygen atoms in total. The zero-order valence-corrected chi connectivity index (χ0v) is 9.97. The van der Waals surface area contributed by atoms with Crippen LogP contribution in [0.4, 0.5) is 0 Å². The van der Waals surface area contributed by atoms with E-state index < -0.39 is 0 Å². The molecular weight excluding hydrogens is 230 g/mol. The fourth-order valence-electron chi connectivity index (χ4n) is 1.76. The molecule has 1 aliphatic rings. The second kappa shape index (κ2) is 5.21. The van der Waals surface area contributed by atoms with Gasteiger partial charge < -0.3 is 5.11 Å². The van der Waals surface area contributed by atoms with E-state index in [1.807, 2.05) is 24.3 Å². The number of hydrogen-bond acceptors (Lipinski definition) is 3. The zero-order valence-electron chi connectivity index (χ0n) is 8.40. The minimum atomic E-state index is 0.234. The quantitative estimate of drug-likeness (QED) is 0.826. The molecule has 0 amide bonds. The minimum absolute atomic E-state index is 0.234. The molecule has 0 saturated carbocycles. The summed E-state index contributed by atoms with van der Waals surface area (Å²) in [5, 5.41) is 9.98. The van der Waals surface area contributed by atoms with Crippen LogP contribution in [-0.4, -0.2) is 28.6 Å². The van der Waals surface area contributed by atoms with Crippen molar-refractivity contribution in [1.82, 2.24) is 4.31 Å². The Labute approximate surface area is 99.4 Å². The third-order valence-corrected chi connectivity index (χ3v) is 4.30. The highest BCUT2D eigenvalue weighted by Crippen LogP contribution is 2.34. The molecule has 2 rings (SSSR count). The predicted octanol–water partition coefficient (Wildman–Crippen LogP) is 2.80. The van der Waals surface area contributed by atoms with Gasteiger partial charge in [0.25, 0.3) is 0 Å². The van der Waals surface area contributed by atoms with Crippen molar-refractivity contribution in [3.63, 3.8) is 0 Å². The summed E-state index contributed by atoms with van der Waals surface area (Å²) in [5.41, 5.74) is 0. The smallest absolute Gasteiger partial charge is 0.0596 e. The molecule has 0 spiro atoms. The maximum atomic E-state index is 9.20. The van der Waals surface area contributed by atoms with Crippen LogP contribution in [0, 0.1) is 0 Å². The van der Waals surface area contributed by atoms with E-state index in [1.165, 1.54) is 0 Å². The van der Waals surface area contributed by atoms with E-state index in [0.717, 1.165) is 29.3 Å². The maximum absolute atomic E-state index is 9.20. The van der Waals surface area contributed by atoms with Gasteiger partial charge >= 0.3 is 0 Å². The monoisotopic (exact) mass is 243 g/mol. The lowest BCUT2D eigenvalue weighted by Gasteiger charge is -2.21. The van der Waals surface area contributed by atoms with Gasteiger partial charge in [-0.15, -0.1) is 0 Å². The van der Waals surface area contributed by atoms with Crippen molar-refractivity contribution in [2.75, 3.05) is 13.2 Å². The van der Waals surface area contributed by atoms with Crippen LogP contribution >= 0.6 is 23.5 Å². The van der Waals surface area contributed by atoms with E-state index in [9.17, 15) is 5.11 Å². The lowest BCUT2D eigenvalue weighted by atomic mass is 10.2. The van der Waals surface area contributed by atoms with Gasteiger partial charge in [-0.3, -0.25) is 0 Å². The standard InChI is InChI=1S/C11H14ClNOS/c12-10-5-1-2-6-11(10)15-13-7-3-4-9(13)8-14/h1-2,5-6,9,14H,3-4,7-8H2. The highest BCUT2D eigenvalue weighted by molar-refractivity contribution is 7.97. The average Bonchev–Trinajstić information content (AvgIpc) is 2.69. The van der Waals surface area contributed by atoms with Gasteiger partial charge in [-0.1, -0.05) is 23.7 Å². The Balaban J connectivity index is 2.05. The van der Waals surface area contributed by atoms with Gasteiger partial charge in [-0.25, -0.2) is 4.31 Å². The van der Waals surface area contributed by atoms with Crippen molar-refractivity contribution in [1.29, 1.82) is 0 Å². The summed E-state index contributed by atoms with van der Waals surface area (Å²) in [5.74, 6) is 0. The zero-order chi connectivity index (χ0) is 10.7. The predicted molar refractivity (Wildman–Crippen MR) is 64.1 cm³/mol. The number of nitrogens with zero attached hydrogens (tertiary/aromatic N) is 1. The molecule has 1 aromatic carbocycles. The first-order chi connectivity index (χ1) is 7.31. The Morgan fingerprint density at radius 2 is 2.27 bits per heavy atom. The van der Waals surface area contributed by atoms with Crippen molar-refractivity contribution in [3.8, 4) is 0 Å². The fraction of sp³-hybridized carbons (Fsp3) is 0.455. The normalized spacial score (nSPS) is 22.1. The van der Waals surface area contributed by atoms with E-state index in [4.69, 9.17) is 11.6 Å². The first kappa shape index (κ1) is 11.3. The van der Waals surface area contributed by atoms with E-state index in [-0.39, 0.29) is 12.6 Å². The lowest BCUT2D eigenvalue weighted by molar-refractivity contribution is 0.221. The molecule has 1 aromatic rings. The largest absolute Gasteiger partial charge is 0.395 e. The van der Waals surface area contributed by atoms with Crippen LogP contribution in [-0.2, 0) is 0 Å². The second-order valence-electron chi connectivity index (χ2n) is 3.64. The molecular formula is C11H14ClNOS. The molecule has 0 aliphatic carbocycles. The summed E-state index contributed by atoms with van der Waals surface area (Å²) >= 11 is 7.74. The molecule has 15 heavy (non-hydrogen) atoms. The Morgan fingerprint density at radius 1 is 1.47 bits per heavy atom. The fourth-order valence-corrected chi connectivity index (χ4v) is 3.09. The van der Waals surface area contributed by atoms with Crippen LogP contribution in [0.2, 0.25) is 5.02 Å². The highest BCUT2D eigenvalue weighted by atomic mass is 35.5. The van der Waals surface area contributed by atoms with Gasteiger partial charge in [0.1, 0.15) is 0 Å². The second-order valence-corrected chi connectivity index (χ2v) is 5.14. The first-order valence-corrected chi connectivity index (χ1v) is 6.26. The summed E-state index contributed by atoms with van der Waals surface area (Å²) < 4.78 is 2.22. The summed E-state index contributed by atoms with van der Waals surface area (Å²) in [6.07, 6.45) is 2.23. The van der Waals surface area contributed by atoms with E-state index in [0.29, 0.717) is 0 Å². The molecule has 1 unspecified atom stereocenters. The Bertz CT molecular complexity index is 334. The summed E-state index contributed by atoms with van der Waals surface area (Å²) in [4.78, 5) is 1.07. The van der Waals surface area contributed by atoms with Crippen LogP contribution < -0.4 is 0 Å². The number of halogens is 1. The number of hydrogen-bond donors (Lipinski definition) is 1. The topological polar surface area (TPSA) is 23.5 Å². The molecule has 4 heteroatoms. The maximum Gasteiger partial charge on any atom is 0.0596 e. The molecule has 0 radical (unpaired) electrons. The van der Waals surface area contributed by atoms with Crippen LogP contribution in [0.3, 0.4) is 0 Å². The van der Waals surface area contributed by atoms with Gasteiger partial charge in [0, 0.05) is 17.5 Å². The minimum Gasteiger partial charge on any atom is -0.395 e. The van der Waals surface area contributed by atoms with Crippen molar-refractivity contribution < 1.29 is 5.11 Å². The Morgan fingerprint density at radius 3 is 3.00 bits per heavy atom. The van der Waals surface area contributed by atoms with Crippen LogP contribution in [0.1, 0.15) is 12.8 Å². The summed E-state index contributed by atoms with van der Waals surface area (Å²) in [6, 6.07) is 8.11. The van der Waals surface area contributed by atoms with Gasteiger partial charge in [0.05, 0.1) is 11.6 Å². The molecule has 1 aliphatic heterocycles. The molecule has 0 bridgehead atoms. The van der Waals surface area contributed by atoms with Gasteiger partial charge in [-0.2, -0.15) is 0 Å². The molecule has 82 valence electrons. The third kappa shape index (κ3) is 2.67. The number of aliphatic hydroxyl groups is 1. The molecule has 1 fully saturated rings. The molecule has 1 heterocycles. The van der Waals surface area contributed by atoms with Crippen molar-refractivity contribution in [3.05, 3.63) is 29.3 Å². The summed E-state index contributed by atoms with van der Waals surface area (Å²) in [6.45, 7) is 1.26. The number of aliphatic hydroxyl groups excluding tert-OH is 1. The van der Waals surface area contributed by atoms with Gasteiger partial charge in [-0.05, 0) is 36.9 Å². The molecule has 1 saturated heterocycles. The Hall–Kier alpha value is -0.220. The van der Waals surface area contributed by atoms with E-state index >= 15 is 0 Å². The van der Waals surface area contributed by atoms with Crippen LogP contribution in [0.25, 0.3) is 0 Å². The van der Waals surface area contributed by atoms with E-state index in [1.54, 1.807) is 11.9 Å². The van der Waals surface area contributed by atoms with Crippen LogP contribution in [0.15, 0.2) is 29.2 Å². The van der Waals surface area contributed by atoms with Gasteiger partial charge in [0.2, 0.25) is 0 Å². The van der Waals surface area contributed by atoms with E-state index in [2.05, 4.69) is 4.31 Å². The lowest BCUT2D eigenvalue weighted by Crippen LogP contribution is -2.25. The Kier molecular flexibility index (Phi) is 3.92. The molecule has 0 aromatic heterocycles. The highest BCUT2D eigenvalue weighted by Gasteiger charge is 2.24. The van der Waals surface area contributed by atoms with Crippen molar-refractivity contribution in [2.24, 2.45) is 0 Å². The van der Waals surface area contributed by atoms with Crippen molar-refractivity contribution >= 4 is 23.5 Å². The average molecular weight is 244 g/mol. The van der Waals surface area contributed by atoms with Gasteiger partial charge in [0.15, 0.2) is 0 Å².